The highest BCUT2D eigenvalue weighted by molar-refractivity contribution is 9.10. The standard InChI is InChI=1S/C31H19Br/c32-21-10-7-9-20(19-21)22-14-8-18-29-30(22)25-13-3-6-17-28(25)31(29)26-15-4-1-11-23(26)24-12-2-5-16-27(24)31/h1-19H. The molecule has 0 unspecified atom stereocenters. The number of halogens is 1. The van der Waals surface area contributed by atoms with Gasteiger partial charge in [-0.2, -0.15) is 0 Å². The summed E-state index contributed by atoms with van der Waals surface area (Å²) < 4.78 is 1.10. The van der Waals surface area contributed by atoms with E-state index in [0.717, 1.165) is 4.47 Å². The number of benzene rings is 5. The summed E-state index contributed by atoms with van der Waals surface area (Å²) in [5, 5.41) is 0. The molecule has 0 saturated heterocycles. The summed E-state index contributed by atoms with van der Waals surface area (Å²) in [7, 11) is 0. The van der Waals surface area contributed by atoms with Crippen molar-refractivity contribution in [2.45, 2.75) is 5.41 Å². The molecule has 2 aliphatic carbocycles. The van der Waals surface area contributed by atoms with Crippen molar-refractivity contribution in [1.82, 2.24) is 0 Å². The fourth-order valence-corrected chi connectivity index (χ4v) is 6.44. The van der Waals surface area contributed by atoms with Crippen molar-refractivity contribution in [3.05, 3.63) is 142 Å². The summed E-state index contributed by atoms with van der Waals surface area (Å²) in [5.41, 5.74) is 13.2. The van der Waals surface area contributed by atoms with Crippen LogP contribution in [0.3, 0.4) is 0 Å². The topological polar surface area (TPSA) is 0 Å². The van der Waals surface area contributed by atoms with Gasteiger partial charge in [0.15, 0.2) is 0 Å². The van der Waals surface area contributed by atoms with E-state index in [9.17, 15) is 0 Å². The molecule has 7 rings (SSSR count). The van der Waals surface area contributed by atoms with E-state index in [-0.39, 0.29) is 5.41 Å². The third-order valence-electron chi connectivity index (χ3n) is 7.16. The van der Waals surface area contributed by atoms with Crippen molar-refractivity contribution in [2.24, 2.45) is 0 Å². The maximum atomic E-state index is 3.67. The molecule has 0 fully saturated rings. The molecule has 0 heterocycles. The summed E-state index contributed by atoms with van der Waals surface area (Å²) >= 11 is 3.67. The van der Waals surface area contributed by atoms with Gasteiger partial charge in [0.05, 0.1) is 5.41 Å². The molecule has 32 heavy (non-hydrogen) atoms. The highest BCUT2D eigenvalue weighted by Gasteiger charge is 2.51. The van der Waals surface area contributed by atoms with E-state index < -0.39 is 0 Å². The van der Waals surface area contributed by atoms with Gasteiger partial charge in [0, 0.05) is 4.47 Å². The van der Waals surface area contributed by atoms with Crippen molar-refractivity contribution in [3.8, 4) is 33.4 Å². The first-order chi connectivity index (χ1) is 15.8. The average molecular weight is 471 g/mol. The quantitative estimate of drug-likeness (QED) is 0.225. The minimum atomic E-state index is -0.277. The Balaban J connectivity index is 1.67. The highest BCUT2D eigenvalue weighted by atomic mass is 79.9. The Morgan fingerprint density at radius 1 is 0.438 bits per heavy atom. The number of fused-ring (bicyclic) bond motifs is 10. The number of hydrogen-bond donors (Lipinski definition) is 0. The van der Waals surface area contributed by atoms with Crippen LogP contribution in [0.25, 0.3) is 33.4 Å². The third kappa shape index (κ3) is 2.17. The lowest BCUT2D eigenvalue weighted by atomic mass is 9.70. The third-order valence-corrected chi connectivity index (χ3v) is 7.65. The van der Waals surface area contributed by atoms with Gasteiger partial charge < -0.3 is 0 Å². The Labute approximate surface area is 196 Å². The van der Waals surface area contributed by atoms with Gasteiger partial charge >= 0.3 is 0 Å². The largest absolute Gasteiger partial charge is 0.0725 e. The zero-order valence-electron chi connectivity index (χ0n) is 17.3. The molecule has 0 saturated carbocycles. The molecule has 5 aromatic rings. The summed E-state index contributed by atoms with van der Waals surface area (Å²) in [4.78, 5) is 0. The van der Waals surface area contributed by atoms with Crippen LogP contribution >= 0.6 is 15.9 Å². The van der Waals surface area contributed by atoms with E-state index in [1.54, 1.807) is 0 Å². The maximum Gasteiger partial charge on any atom is 0.0725 e. The van der Waals surface area contributed by atoms with Crippen molar-refractivity contribution < 1.29 is 0 Å². The molecule has 0 radical (unpaired) electrons. The maximum absolute atomic E-state index is 3.67. The molecule has 5 aromatic carbocycles. The van der Waals surface area contributed by atoms with Crippen LogP contribution in [-0.4, -0.2) is 0 Å². The van der Waals surface area contributed by atoms with Crippen LogP contribution in [0.1, 0.15) is 22.3 Å². The first-order valence-electron chi connectivity index (χ1n) is 11.0. The Morgan fingerprint density at radius 2 is 0.938 bits per heavy atom. The van der Waals surface area contributed by atoms with Crippen molar-refractivity contribution in [3.63, 3.8) is 0 Å². The first-order valence-corrected chi connectivity index (χ1v) is 11.8. The van der Waals surface area contributed by atoms with Gasteiger partial charge in [0.2, 0.25) is 0 Å². The summed E-state index contributed by atoms with van der Waals surface area (Å²) in [5.74, 6) is 0. The summed E-state index contributed by atoms with van der Waals surface area (Å²) in [6.07, 6.45) is 0. The van der Waals surface area contributed by atoms with Gasteiger partial charge in [-0.25, -0.2) is 0 Å². The number of hydrogen-bond acceptors (Lipinski definition) is 0. The molecule has 1 spiro atoms. The van der Waals surface area contributed by atoms with Crippen LogP contribution in [-0.2, 0) is 5.41 Å². The molecule has 0 amide bonds. The Morgan fingerprint density at radius 3 is 1.59 bits per heavy atom. The lowest BCUT2D eigenvalue weighted by molar-refractivity contribution is 0.794. The lowest BCUT2D eigenvalue weighted by Crippen LogP contribution is -2.25. The molecule has 2 aliphatic rings. The van der Waals surface area contributed by atoms with E-state index in [2.05, 4.69) is 131 Å². The van der Waals surface area contributed by atoms with E-state index in [0.29, 0.717) is 0 Å². The predicted octanol–water partition coefficient (Wildman–Crippen LogP) is 8.46. The van der Waals surface area contributed by atoms with Crippen LogP contribution in [0.2, 0.25) is 0 Å². The second-order valence-corrected chi connectivity index (χ2v) is 9.54. The van der Waals surface area contributed by atoms with Gasteiger partial charge in [-0.1, -0.05) is 119 Å². The summed E-state index contributed by atoms with van der Waals surface area (Å²) in [6.45, 7) is 0. The molecule has 0 aliphatic heterocycles. The fourth-order valence-electron chi connectivity index (χ4n) is 6.04. The molecule has 0 atom stereocenters. The summed E-state index contributed by atoms with van der Waals surface area (Å²) in [6, 6.07) is 42.4. The van der Waals surface area contributed by atoms with Crippen LogP contribution in [0.4, 0.5) is 0 Å². The van der Waals surface area contributed by atoms with Crippen LogP contribution in [0.15, 0.2) is 120 Å². The Kier molecular flexibility index (Phi) is 3.72. The van der Waals surface area contributed by atoms with Crippen molar-refractivity contribution in [1.29, 1.82) is 0 Å². The van der Waals surface area contributed by atoms with Gasteiger partial charge in [-0.15, -0.1) is 0 Å². The zero-order valence-corrected chi connectivity index (χ0v) is 18.9. The first kappa shape index (κ1) is 18.2. The second-order valence-electron chi connectivity index (χ2n) is 8.63. The smallest absolute Gasteiger partial charge is 0.0619 e. The fraction of sp³-hybridized carbons (Fsp3) is 0.0323. The molecule has 0 aromatic heterocycles. The molecule has 0 nitrogen and oxygen atoms in total. The predicted molar refractivity (Wildman–Crippen MR) is 136 cm³/mol. The SMILES string of the molecule is Brc1cccc(-c2cccc3c2-c2ccccc2C32c3ccccc3-c3ccccc32)c1. The Bertz CT molecular complexity index is 1500. The van der Waals surface area contributed by atoms with Gasteiger partial charge in [-0.3, -0.25) is 0 Å². The molecule has 0 N–H and O–H groups in total. The van der Waals surface area contributed by atoms with Crippen molar-refractivity contribution in [2.75, 3.05) is 0 Å². The molecule has 0 bridgehead atoms. The van der Waals surface area contributed by atoms with E-state index in [1.807, 2.05) is 0 Å². The zero-order chi connectivity index (χ0) is 21.3. The normalized spacial score (nSPS) is 14.0. The monoisotopic (exact) mass is 470 g/mol. The second kappa shape index (κ2) is 6.54. The average Bonchev–Trinajstić information content (AvgIpc) is 3.32. The minimum absolute atomic E-state index is 0.277. The van der Waals surface area contributed by atoms with E-state index in [4.69, 9.17) is 0 Å². The molecular formula is C31H19Br. The lowest BCUT2D eigenvalue weighted by Gasteiger charge is -2.30. The molecule has 1 heteroatoms. The van der Waals surface area contributed by atoms with E-state index in [1.165, 1.54) is 55.6 Å². The van der Waals surface area contributed by atoms with Crippen LogP contribution in [0.5, 0.6) is 0 Å². The molecule has 150 valence electrons. The number of rotatable bonds is 1. The molecular weight excluding hydrogens is 452 g/mol. The Hall–Kier alpha value is -3.42. The van der Waals surface area contributed by atoms with Gasteiger partial charge in [0.1, 0.15) is 0 Å². The van der Waals surface area contributed by atoms with E-state index >= 15 is 0 Å². The van der Waals surface area contributed by atoms with Crippen LogP contribution in [0, 0.1) is 0 Å². The van der Waals surface area contributed by atoms with Gasteiger partial charge in [0.25, 0.3) is 0 Å². The highest BCUT2D eigenvalue weighted by Crippen LogP contribution is 2.63. The minimum Gasteiger partial charge on any atom is -0.0619 e. The van der Waals surface area contributed by atoms with Crippen molar-refractivity contribution >= 4 is 15.9 Å². The van der Waals surface area contributed by atoms with Crippen LogP contribution < -0.4 is 0 Å². The van der Waals surface area contributed by atoms with Gasteiger partial charge in [-0.05, 0) is 67.8 Å².